The van der Waals surface area contributed by atoms with E-state index in [2.05, 4.69) is 5.32 Å². The van der Waals surface area contributed by atoms with Crippen LogP contribution in [0.4, 0.5) is 4.39 Å². The molecule has 3 heteroatoms. The third kappa shape index (κ3) is 3.27. The summed E-state index contributed by atoms with van der Waals surface area (Å²) in [6, 6.07) is 5.26. The smallest absolute Gasteiger partial charge is 0.126 e. The fourth-order valence-corrected chi connectivity index (χ4v) is 2.02. The van der Waals surface area contributed by atoms with Crippen LogP contribution in [0.25, 0.3) is 0 Å². The summed E-state index contributed by atoms with van der Waals surface area (Å²) < 4.78 is 13.1. The minimum atomic E-state index is -0.140. The zero-order valence-corrected chi connectivity index (χ0v) is 10.3. The Hall–Kier alpha value is -0.930. The van der Waals surface area contributed by atoms with E-state index in [0.29, 0.717) is 5.56 Å². The van der Waals surface area contributed by atoms with Crippen molar-refractivity contribution in [3.63, 3.8) is 0 Å². The topological polar surface area (TPSA) is 32.3 Å². The van der Waals surface area contributed by atoms with Crippen LogP contribution >= 0.6 is 0 Å². The fourth-order valence-electron chi connectivity index (χ4n) is 2.02. The van der Waals surface area contributed by atoms with Crippen LogP contribution in [0.5, 0.6) is 0 Å². The molecule has 1 aromatic rings. The third-order valence-corrected chi connectivity index (χ3v) is 3.61. The second kappa shape index (κ2) is 5.15. The third-order valence-electron chi connectivity index (χ3n) is 3.61. The number of hydrogen-bond acceptors (Lipinski definition) is 2. The summed E-state index contributed by atoms with van der Waals surface area (Å²) in [5.41, 5.74) is 2.03. The number of rotatable bonds is 6. The van der Waals surface area contributed by atoms with Gasteiger partial charge in [0.15, 0.2) is 0 Å². The Labute approximate surface area is 102 Å². The lowest BCUT2D eigenvalue weighted by Gasteiger charge is -2.12. The van der Waals surface area contributed by atoms with E-state index >= 15 is 0 Å². The molecular formula is C14H20FNO. The van der Waals surface area contributed by atoms with Crippen molar-refractivity contribution in [3.05, 3.63) is 35.1 Å². The van der Waals surface area contributed by atoms with E-state index < -0.39 is 0 Å². The van der Waals surface area contributed by atoms with Gasteiger partial charge < -0.3 is 10.4 Å². The van der Waals surface area contributed by atoms with Crippen molar-refractivity contribution in [1.82, 2.24) is 5.32 Å². The first kappa shape index (κ1) is 12.5. The monoisotopic (exact) mass is 237 g/mol. The largest absolute Gasteiger partial charge is 0.396 e. The highest BCUT2D eigenvalue weighted by molar-refractivity contribution is 5.24. The first-order chi connectivity index (χ1) is 8.15. The van der Waals surface area contributed by atoms with E-state index in [-0.39, 0.29) is 17.8 Å². The molecule has 1 aromatic carbocycles. The van der Waals surface area contributed by atoms with Crippen LogP contribution in [-0.4, -0.2) is 24.8 Å². The van der Waals surface area contributed by atoms with E-state index in [1.165, 1.54) is 6.07 Å². The molecule has 0 radical (unpaired) electrons. The Morgan fingerprint density at radius 1 is 1.41 bits per heavy atom. The summed E-state index contributed by atoms with van der Waals surface area (Å²) in [5.74, 6) is -0.140. The second-order valence-corrected chi connectivity index (χ2v) is 5.17. The van der Waals surface area contributed by atoms with Crippen LogP contribution < -0.4 is 5.32 Å². The van der Waals surface area contributed by atoms with E-state index in [9.17, 15) is 4.39 Å². The van der Waals surface area contributed by atoms with E-state index in [1.807, 2.05) is 12.1 Å². The highest BCUT2D eigenvalue weighted by atomic mass is 19.1. The molecule has 0 spiro atoms. The van der Waals surface area contributed by atoms with Gasteiger partial charge in [-0.1, -0.05) is 12.1 Å². The van der Waals surface area contributed by atoms with Crippen LogP contribution in [0.2, 0.25) is 0 Å². The lowest BCUT2D eigenvalue weighted by atomic mass is 10.1. The summed E-state index contributed by atoms with van der Waals surface area (Å²) in [4.78, 5) is 0. The quantitative estimate of drug-likeness (QED) is 0.742. The fraction of sp³-hybridized carbons (Fsp3) is 0.571. The van der Waals surface area contributed by atoms with Crippen LogP contribution in [0.1, 0.15) is 24.0 Å². The molecule has 1 aliphatic rings. The molecular weight excluding hydrogens is 217 g/mol. The highest BCUT2D eigenvalue weighted by Gasteiger charge is 2.41. The van der Waals surface area contributed by atoms with Gasteiger partial charge in [0.2, 0.25) is 0 Å². The Balaban J connectivity index is 1.73. The highest BCUT2D eigenvalue weighted by Crippen LogP contribution is 2.44. The zero-order chi connectivity index (χ0) is 12.3. The predicted octanol–water partition coefficient (Wildman–Crippen LogP) is 2.04. The molecule has 17 heavy (non-hydrogen) atoms. The molecule has 2 nitrogen and oxygen atoms in total. The number of aryl methyl sites for hydroxylation is 1. The molecule has 2 rings (SSSR count). The number of benzene rings is 1. The maximum atomic E-state index is 13.1. The maximum absolute atomic E-state index is 13.1. The van der Waals surface area contributed by atoms with Gasteiger partial charge in [0.05, 0.1) is 0 Å². The minimum Gasteiger partial charge on any atom is -0.396 e. The molecule has 0 amide bonds. The van der Waals surface area contributed by atoms with Gasteiger partial charge in [-0.15, -0.1) is 0 Å². The second-order valence-electron chi connectivity index (χ2n) is 5.17. The Bertz CT molecular complexity index is 388. The van der Waals surface area contributed by atoms with Crippen LogP contribution in [-0.2, 0) is 6.42 Å². The molecule has 1 fully saturated rings. The standard InChI is InChI=1S/C14H20FNO/c1-11-8-12(2-3-13(11)15)4-7-16-9-14(10-17)5-6-14/h2-3,8,16-17H,4-7,9-10H2,1H3. The van der Waals surface area contributed by atoms with E-state index in [1.54, 1.807) is 6.92 Å². The molecule has 0 atom stereocenters. The average molecular weight is 237 g/mol. The van der Waals surface area contributed by atoms with Gasteiger partial charge in [0.25, 0.3) is 0 Å². The Morgan fingerprint density at radius 3 is 2.76 bits per heavy atom. The maximum Gasteiger partial charge on any atom is 0.126 e. The van der Waals surface area contributed by atoms with E-state index in [4.69, 9.17) is 5.11 Å². The molecule has 0 saturated heterocycles. The number of aliphatic hydroxyl groups is 1. The summed E-state index contributed by atoms with van der Waals surface area (Å²) in [5, 5.41) is 12.5. The van der Waals surface area contributed by atoms with Crippen molar-refractivity contribution in [1.29, 1.82) is 0 Å². The van der Waals surface area contributed by atoms with Gasteiger partial charge in [-0.25, -0.2) is 4.39 Å². The number of aliphatic hydroxyl groups excluding tert-OH is 1. The molecule has 0 aliphatic heterocycles. The number of halogens is 1. The van der Waals surface area contributed by atoms with E-state index in [0.717, 1.165) is 37.9 Å². The number of hydrogen-bond donors (Lipinski definition) is 2. The molecule has 0 aromatic heterocycles. The zero-order valence-electron chi connectivity index (χ0n) is 10.3. The first-order valence-electron chi connectivity index (χ1n) is 6.22. The summed E-state index contributed by atoms with van der Waals surface area (Å²) >= 11 is 0. The first-order valence-corrected chi connectivity index (χ1v) is 6.22. The molecule has 0 unspecified atom stereocenters. The lowest BCUT2D eigenvalue weighted by molar-refractivity contribution is 0.208. The molecule has 0 heterocycles. The lowest BCUT2D eigenvalue weighted by Crippen LogP contribution is -2.28. The van der Waals surface area contributed by atoms with Crippen LogP contribution in [0.3, 0.4) is 0 Å². The molecule has 1 saturated carbocycles. The Morgan fingerprint density at radius 2 is 2.18 bits per heavy atom. The Kier molecular flexibility index (Phi) is 3.79. The van der Waals surface area contributed by atoms with Crippen molar-refractivity contribution < 1.29 is 9.50 Å². The minimum absolute atomic E-state index is 0.140. The summed E-state index contributed by atoms with van der Waals surface area (Å²) in [6.07, 6.45) is 3.17. The van der Waals surface area contributed by atoms with Crippen molar-refractivity contribution in [2.45, 2.75) is 26.2 Å². The molecule has 0 bridgehead atoms. The van der Waals surface area contributed by atoms with Gasteiger partial charge in [-0.3, -0.25) is 0 Å². The van der Waals surface area contributed by atoms with Crippen molar-refractivity contribution in [3.8, 4) is 0 Å². The van der Waals surface area contributed by atoms with Gasteiger partial charge in [-0.2, -0.15) is 0 Å². The molecule has 1 aliphatic carbocycles. The van der Waals surface area contributed by atoms with Gasteiger partial charge in [0.1, 0.15) is 5.82 Å². The van der Waals surface area contributed by atoms with Crippen molar-refractivity contribution in [2.24, 2.45) is 5.41 Å². The van der Waals surface area contributed by atoms with Gasteiger partial charge in [0, 0.05) is 18.6 Å². The van der Waals surface area contributed by atoms with Gasteiger partial charge >= 0.3 is 0 Å². The molecule has 2 N–H and O–H groups in total. The average Bonchev–Trinajstić information content (AvgIpc) is 3.10. The SMILES string of the molecule is Cc1cc(CCNCC2(CO)CC2)ccc1F. The van der Waals surface area contributed by atoms with Crippen LogP contribution in [0.15, 0.2) is 18.2 Å². The summed E-state index contributed by atoms with van der Waals surface area (Å²) in [7, 11) is 0. The van der Waals surface area contributed by atoms with Crippen LogP contribution in [0, 0.1) is 18.2 Å². The van der Waals surface area contributed by atoms with Crippen molar-refractivity contribution in [2.75, 3.05) is 19.7 Å². The normalized spacial score (nSPS) is 17.1. The van der Waals surface area contributed by atoms with Crippen molar-refractivity contribution >= 4 is 0 Å². The van der Waals surface area contributed by atoms with Gasteiger partial charge in [-0.05, 0) is 49.9 Å². The number of nitrogens with one attached hydrogen (secondary N) is 1. The predicted molar refractivity (Wildman–Crippen MR) is 66.5 cm³/mol. The molecule has 94 valence electrons. The summed E-state index contributed by atoms with van der Waals surface area (Å²) in [6.45, 7) is 3.85.